The molecule has 1 aromatic carbocycles. The fraction of sp³-hybridized carbons (Fsp3) is 0.500. The monoisotopic (exact) mass is 271 g/mol. The highest BCUT2D eigenvalue weighted by atomic mass is 79.9. The van der Waals surface area contributed by atoms with E-state index < -0.39 is 0 Å². The average molecular weight is 272 g/mol. The fourth-order valence-corrected chi connectivity index (χ4v) is 2.57. The van der Waals surface area contributed by atoms with E-state index in [1.165, 1.54) is 18.4 Å². The molecule has 1 rings (SSSR count). The van der Waals surface area contributed by atoms with Crippen LogP contribution in [0.3, 0.4) is 0 Å². The summed E-state index contributed by atoms with van der Waals surface area (Å²) in [5.74, 6) is 5.68. The van der Waals surface area contributed by atoms with Gasteiger partial charge in [0.05, 0.1) is 6.61 Å². The van der Waals surface area contributed by atoms with E-state index in [-0.39, 0.29) is 0 Å². The van der Waals surface area contributed by atoms with Crippen LogP contribution in [0.2, 0.25) is 0 Å². The standard InChI is InChI=1S/C12H18BrNO/c1-3-10(4-2)11-6-5-9(8-15-14)7-12(11)13/h5-7,10H,3-4,8,14H2,1-2H3. The first-order valence-corrected chi connectivity index (χ1v) is 6.12. The number of halogens is 1. The minimum atomic E-state index is 0.460. The Balaban J connectivity index is 2.91. The SMILES string of the molecule is CCC(CC)c1ccc(CON)cc1Br. The lowest BCUT2D eigenvalue weighted by Crippen LogP contribution is -2.01. The van der Waals surface area contributed by atoms with Crippen LogP contribution < -0.4 is 5.90 Å². The Hall–Kier alpha value is -0.380. The van der Waals surface area contributed by atoms with Gasteiger partial charge >= 0.3 is 0 Å². The summed E-state index contributed by atoms with van der Waals surface area (Å²) in [5, 5.41) is 0. The molecule has 0 saturated heterocycles. The molecule has 2 N–H and O–H groups in total. The summed E-state index contributed by atoms with van der Waals surface area (Å²) < 4.78 is 1.16. The van der Waals surface area contributed by atoms with Crippen molar-refractivity contribution < 1.29 is 4.84 Å². The summed E-state index contributed by atoms with van der Waals surface area (Å²) >= 11 is 3.60. The van der Waals surface area contributed by atoms with E-state index in [0.29, 0.717) is 12.5 Å². The van der Waals surface area contributed by atoms with E-state index in [9.17, 15) is 0 Å². The van der Waals surface area contributed by atoms with Gasteiger partial charge in [-0.1, -0.05) is 41.9 Å². The second-order valence-electron chi connectivity index (χ2n) is 3.68. The minimum Gasteiger partial charge on any atom is -0.300 e. The van der Waals surface area contributed by atoms with E-state index in [0.717, 1.165) is 10.0 Å². The zero-order valence-corrected chi connectivity index (χ0v) is 10.9. The number of rotatable bonds is 5. The number of hydrogen-bond acceptors (Lipinski definition) is 2. The second kappa shape index (κ2) is 6.26. The van der Waals surface area contributed by atoms with Gasteiger partial charge in [-0.15, -0.1) is 0 Å². The molecule has 0 fully saturated rings. The maximum absolute atomic E-state index is 5.05. The largest absolute Gasteiger partial charge is 0.300 e. The Morgan fingerprint density at radius 1 is 1.33 bits per heavy atom. The Morgan fingerprint density at radius 3 is 2.47 bits per heavy atom. The summed E-state index contributed by atoms with van der Waals surface area (Å²) in [7, 11) is 0. The summed E-state index contributed by atoms with van der Waals surface area (Å²) in [6, 6.07) is 6.32. The van der Waals surface area contributed by atoms with Crippen LogP contribution in [0, 0.1) is 0 Å². The first-order valence-electron chi connectivity index (χ1n) is 5.32. The van der Waals surface area contributed by atoms with Crippen molar-refractivity contribution >= 4 is 15.9 Å². The molecule has 0 aliphatic heterocycles. The van der Waals surface area contributed by atoms with Crippen molar-refractivity contribution in [1.29, 1.82) is 0 Å². The predicted molar refractivity (Wildman–Crippen MR) is 66.4 cm³/mol. The maximum Gasteiger partial charge on any atom is 0.0930 e. The molecule has 84 valence electrons. The first kappa shape index (κ1) is 12.7. The van der Waals surface area contributed by atoms with E-state index in [4.69, 9.17) is 5.90 Å². The van der Waals surface area contributed by atoms with Gasteiger partial charge in [0.1, 0.15) is 0 Å². The molecular formula is C12H18BrNO. The summed E-state index contributed by atoms with van der Waals surface area (Å²) in [5.41, 5.74) is 2.47. The second-order valence-corrected chi connectivity index (χ2v) is 4.53. The summed E-state index contributed by atoms with van der Waals surface area (Å²) in [4.78, 5) is 4.62. The van der Waals surface area contributed by atoms with E-state index >= 15 is 0 Å². The molecular weight excluding hydrogens is 254 g/mol. The van der Waals surface area contributed by atoms with Crippen LogP contribution in [0.4, 0.5) is 0 Å². The van der Waals surface area contributed by atoms with Crippen LogP contribution in [0.25, 0.3) is 0 Å². The number of benzene rings is 1. The van der Waals surface area contributed by atoms with Crippen molar-refractivity contribution in [2.75, 3.05) is 0 Å². The fourth-order valence-electron chi connectivity index (χ4n) is 1.82. The minimum absolute atomic E-state index is 0.460. The van der Waals surface area contributed by atoms with Crippen LogP contribution in [-0.2, 0) is 11.4 Å². The zero-order chi connectivity index (χ0) is 11.3. The number of nitrogens with two attached hydrogens (primary N) is 1. The highest BCUT2D eigenvalue weighted by molar-refractivity contribution is 9.10. The molecule has 0 saturated carbocycles. The van der Waals surface area contributed by atoms with Crippen LogP contribution in [0.5, 0.6) is 0 Å². The van der Waals surface area contributed by atoms with Gasteiger partial charge in [0, 0.05) is 4.47 Å². The highest BCUT2D eigenvalue weighted by Crippen LogP contribution is 2.30. The van der Waals surface area contributed by atoms with Gasteiger partial charge in [-0.2, -0.15) is 0 Å². The topological polar surface area (TPSA) is 35.2 Å². The van der Waals surface area contributed by atoms with Gasteiger partial charge in [0.15, 0.2) is 0 Å². The van der Waals surface area contributed by atoms with E-state index in [2.05, 4.69) is 52.8 Å². The van der Waals surface area contributed by atoms with E-state index in [1.54, 1.807) is 0 Å². The third-order valence-corrected chi connectivity index (χ3v) is 3.43. The van der Waals surface area contributed by atoms with Crippen LogP contribution in [0.15, 0.2) is 22.7 Å². The zero-order valence-electron chi connectivity index (χ0n) is 9.29. The van der Waals surface area contributed by atoms with Gasteiger partial charge < -0.3 is 0 Å². The van der Waals surface area contributed by atoms with Gasteiger partial charge in [0.2, 0.25) is 0 Å². The number of hydrogen-bond donors (Lipinski definition) is 1. The lowest BCUT2D eigenvalue weighted by molar-refractivity contribution is 0.124. The van der Waals surface area contributed by atoms with Crippen molar-refractivity contribution in [3.05, 3.63) is 33.8 Å². The van der Waals surface area contributed by atoms with Crippen molar-refractivity contribution in [2.24, 2.45) is 5.90 Å². The van der Waals surface area contributed by atoms with Crippen LogP contribution >= 0.6 is 15.9 Å². The molecule has 0 amide bonds. The van der Waals surface area contributed by atoms with Crippen LogP contribution in [-0.4, -0.2) is 0 Å². The molecule has 0 radical (unpaired) electrons. The maximum atomic E-state index is 5.05. The Labute approximate surface area is 99.9 Å². The van der Waals surface area contributed by atoms with Crippen LogP contribution in [0.1, 0.15) is 43.7 Å². The third-order valence-electron chi connectivity index (χ3n) is 2.74. The van der Waals surface area contributed by atoms with Crippen molar-refractivity contribution in [2.45, 2.75) is 39.2 Å². The normalized spacial score (nSPS) is 11.0. The molecule has 0 unspecified atom stereocenters. The molecule has 0 heterocycles. The van der Waals surface area contributed by atoms with Crippen molar-refractivity contribution in [3.63, 3.8) is 0 Å². The third kappa shape index (κ3) is 3.30. The smallest absolute Gasteiger partial charge is 0.0930 e. The average Bonchev–Trinajstić information content (AvgIpc) is 2.23. The highest BCUT2D eigenvalue weighted by Gasteiger charge is 2.10. The lowest BCUT2D eigenvalue weighted by Gasteiger charge is -2.15. The molecule has 0 aliphatic carbocycles. The van der Waals surface area contributed by atoms with Gasteiger partial charge in [0.25, 0.3) is 0 Å². The molecule has 0 bridgehead atoms. The van der Waals surface area contributed by atoms with Gasteiger partial charge in [-0.05, 0) is 36.0 Å². The van der Waals surface area contributed by atoms with Crippen molar-refractivity contribution in [3.8, 4) is 0 Å². The predicted octanol–water partition coefficient (Wildman–Crippen LogP) is 3.74. The Kier molecular flexibility index (Phi) is 5.29. The molecule has 0 atom stereocenters. The molecule has 0 aromatic heterocycles. The van der Waals surface area contributed by atoms with Gasteiger partial charge in [-0.3, -0.25) is 4.84 Å². The Bertz CT molecular complexity index is 310. The first-order chi connectivity index (χ1) is 7.22. The molecule has 3 heteroatoms. The molecule has 0 aliphatic rings. The molecule has 0 spiro atoms. The quantitative estimate of drug-likeness (QED) is 0.829. The summed E-state index contributed by atoms with van der Waals surface area (Å²) in [6.07, 6.45) is 2.34. The summed E-state index contributed by atoms with van der Waals surface area (Å²) in [6.45, 7) is 4.90. The molecule has 15 heavy (non-hydrogen) atoms. The van der Waals surface area contributed by atoms with Gasteiger partial charge in [-0.25, -0.2) is 5.90 Å². The Morgan fingerprint density at radius 2 is 2.00 bits per heavy atom. The van der Waals surface area contributed by atoms with Crippen molar-refractivity contribution in [1.82, 2.24) is 0 Å². The molecule has 2 nitrogen and oxygen atoms in total. The van der Waals surface area contributed by atoms with E-state index in [1.807, 2.05) is 0 Å². The molecule has 1 aromatic rings. The lowest BCUT2D eigenvalue weighted by atomic mass is 9.93.